The van der Waals surface area contributed by atoms with Crippen molar-refractivity contribution in [1.29, 1.82) is 0 Å². The molecular formula is C31H43N5O2. The van der Waals surface area contributed by atoms with E-state index in [1.165, 1.54) is 11.1 Å². The van der Waals surface area contributed by atoms with E-state index < -0.39 is 0 Å². The number of aromatic nitrogens is 3. The first-order valence-electron chi connectivity index (χ1n) is 14.1. The zero-order valence-electron chi connectivity index (χ0n) is 23.9. The van der Waals surface area contributed by atoms with Crippen LogP contribution in [0.2, 0.25) is 0 Å². The lowest BCUT2D eigenvalue weighted by atomic mass is 9.68. The van der Waals surface area contributed by atoms with E-state index in [1.54, 1.807) is 4.57 Å². The van der Waals surface area contributed by atoms with Crippen LogP contribution in [-0.2, 0) is 31.4 Å². The van der Waals surface area contributed by atoms with Crippen molar-refractivity contribution in [3.8, 4) is 0 Å². The molecule has 7 nitrogen and oxygen atoms in total. The predicted molar refractivity (Wildman–Crippen MR) is 152 cm³/mol. The van der Waals surface area contributed by atoms with Crippen molar-refractivity contribution in [3.05, 3.63) is 63.7 Å². The number of carbonyl (C=O) groups excluding carboxylic acids is 1. The molecule has 3 heterocycles. The Kier molecular flexibility index (Phi) is 7.01. The fraction of sp³-hybridized carbons (Fsp3) is 0.581. The van der Waals surface area contributed by atoms with Crippen molar-refractivity contribution in [2.24, 2.45) is 17.9 Å². The van der Waals surface area contributed by atoms with Crippen molar-refractivity contribution in [2.75, 3.05) is 13.1 Å². The van der Waals surface area contributed by atoms with Gasteiger partial charge in [-0.2, -0.15) is 0 Å². The van der Waals surface area contributed by atoms with Gasteiger partial charge in [-0.25, -0.2) is 9.78 Å². The fourth-order valence-corrected chi connectivity index (χ4v) is 6.24. The Balaban J connectivity index is 1.30. The molecule has 0 spiro atoms. The Morgan fingerprint density at radius 1 is 1.13 bits per heavy atom. The second-order valence-corrected chi connectivity index (χ2v) is 13.4. The summed E-state index contributed by atoms with van der Waals surface area (Å²) in [6.07, 6.45) is 3.89. The number of nitrogens with zero attached hydrogens (tertiary/aromatic N) is 4. The number of rotatable bonds is 5. The van der Waals surface area contributed by atoms with Gasteiger partial charge in [0, 0.05) is 44.3 Å². The van der Waals surface area contributed by atoms with E-state index in [2.05, 4.69) is 81.2 Å². The molecule has 204 valence electrons. The first kappa shape index (κ1) is 26.7. The van der Waals surface area contributed by atoms with Gasteiger partial charge in [-0.15, -0.1) is 0 Å². The van der Waals surface area contributed by atoms with E-state index >= 15 is 0 Å². The van der Waals surface area contributed by atoms with Crippen LogP contribution in [0, 0.1) is 10.8 Å². The van der Waals surface area contributed by atoms with Crippen LogP contribution in [0.5, 0.6) is 0 Å². The van der Waals surface area contributed by atoms with Gasteiger partial charge in [-0.3, -0.25) is 18.8 Å². The lowest BCUT2D eigenvalue weighted by Gasteiger charge is -2.42. The second kappa shape index (κ2) is 9.99. The third-order valence-electron chi connectivity index (χ3n) is 8.57. The van der Waals surface area contributed by atoms with E-state index in [0.29, 0.717) is 13.1 Å². The van der Waals surface area contributed by atoms with Crippen molar-refractivity contribution in [2.45, 2.75) is 85.4 Å². The zero-order chi connectivity index (χ0) is 27.2. The van der Waals surface area contributed by atoms with Crippen molar-refractivity contribution < 1.29 is 4.79 Å². The van der Waals surface area contributed by atoms with E-state index in [0.717, 1.165) is 55.6 Å². The van der Waals surface area contributed by atoms with Gasteiger partial charge >= 0.3 is 5.69 Å². The van der Waals surface area contributed by atoms with Crippen LogP contribution in [0.4, 0.5) is 0 Å². The molecule has 2 aromatic heterocycles. The van der Waals surface area contributed by atoms with E-state index in [-0.39, 0.29) is 34.4 Å². The van der Waals surface area contributed by atoms with E-state index in [9.17, 15) is 9.59 Å². The van der Waals surface area contributed by atoms with Gasteiger partial charge in [-0.1, -0.05) is 58.9 Å². The molecule has 1 aliphatic carbocycles. The third-order valence-corrected chi connectivity index (χ3v) is 8.57. The van der Waals surface area contributed by atoms with E-state index in [4.69, 9.17) is 4.98 Å². The summed E-state index contributed by atoms with van der Waals surface area (Å²) in [4.78, 5) is 33.4. The molecular weight excluding hydrogens is 474 g/mol. The van der Waals surface area contributed by atoms with Crippen LogP contribution in [0.25, 0.3) is 11.2 Å². The molecule has 7 heteroatoms. The molecule has 1 amide bonds. The first-order chi connectivity index (χ1) is 17.9. The summed E-state index contributed by atoms with van der Waals surface area (Å²) in [6, 6.07) is 12.8. The van der Waals surface area contributed by atoms with Crippen molar-refractivity contribution in [3.63, 3.8) is 0 Å². The van der Waals surface area contributed by atoms with E-state index in [1.807, 2.05) is 11.6 Å². The molecule has 0 bridgehead atoms. The number of hydrogen-bond acceptors (Lipinski definition) is 4. The average molecular weight is 518 g/mol. The summed E-state index contributed by atoms with van der Waals surface area (Å²) < 4.78 is 3.52. The molecule has 2 atom stereocenters. The maximum absolute atomic E-state index is 13.2. The highest BCUT2D eigenvalue weighted by molar-refractivity contribution is 5.78. The number of pyridine rings is 1. The Morgan fingerprint density at radius 3 is 2.61 bits per heavy atom. The number of amides is 1. The Bertz CT molecular complexity index is 1390. The molecule has 2 aliphatic rings. The largest absolute Gasteiger partial charge is 0.352 e. The number of carbonyl (C=O) groups is 1. The molecule has 0 saturated heterocycles. The highest BCUT2D eigenvalue weighted by Gasteiger charge is 2.38. The number of hydrogen-bond donors (Lipinski definition) is 1. The summed E-state index contributed by atoms with van der Waals surface area (Å²) in [5, 5.41) is 3.40. The van der Waals surface area contributed by atoms with Crippen LogP contribution in [0.3, 0.4) is 0 Å². The number of aryl methyl sites for hydroxylation is 1. The standard InChI is InChI=1S/C31H43N5O2/c1-30(2,3)20-36-25-12-11-24(32-28(25)34(6)29(36)38)22-13-15-31(4,5)26(17-22)33-27(37)19-35-16-14-21-9-7-8-10-23(21)18-35/h7-12,22,26H,13-20H2,1-6H3,(H,33,37). The van der Waals surface area contributed by atoms with Gasteiger partial charge in [0.2, 0.25) is 5.91 Å². The average Bonchev–Trinajstić information content (AvgIpc) is 3.08. The highest BCUT2D eigenvalue weighted by Crippen LogP contribution is 2.42. The second-order valence-electron chi connectivity index (χ2n) is 13.4. The van der Waals surface area contributed by atoms with Gasteiger partial charge in [0.1, 0.15) is 0 Å². The van der Waals surface area contributed by atoms with Crippen LogP contribution >= 0.6 is 0 Å². The number of fused-ring (bicyclic) bond motifs is 2. The number of benzene rings is 1. The molecule has 1 aromatic carbocycles. The molecule has 1 aliphatic heterocycles. The number of nitrogens with one attached hydrogen (secondary N) is 1. The normalized spacial score (nSPS) is 21.8. The minimum absolute atomic E-state index is 0.00521. The number of imidazole rings is 1. The zero-order valence-corrected chi connectivity index (χ0v) is 23.9. The van der Waals surface area contributed by atoms with Crippen molar-refractivity contribution >= 4 is 17.1 Å². The topological polar surface area (TPSA) is 72.2 Å². The minimum atomic E-state index is -0.0187. The lowest BCUT2D eigenvalue weighted by Crippen LogP contribution is -2.51. The SMILES string of the molecule is Cn1c(=O)n(CC(C)(C)C)c2ccc(C3CCC(C)(C)C(NC(=O)CN4CCc5ccccc5C4)C3)nc21. The van der Waals surface area contributed by atoms with Gasteiger partial charge in [0.25, 0.3) is 0 Å². The van der Waals surface area contributed by atoms with Crippen LogP contribution < -0.4 is 11.0 Å². The van der Waals surface area contributed by atoms with Crippen LogP contribution in [0.15, 0.2) is 41.2 Å². The molecule has 38 heavy (non-hydrogen) atoms. The summed E-state index contributed by atoms with van der Waals surface area (Å²) in [5.41, 5.74) is 5.38. The molecule has 2 unspecified atom stereocenters. The predicted octanol–water partition coefficient (Wildman–Crippen LogP) is 4.62. The maximum Gasteiger partial charge on any atom is 0.330 e. The molecule has 1 fully saturated rings. The molecule has 5 rings (SSSR count). The summed E-state index contributed by atoms with van der Waals surface area (Å²) in [7, 11) is 1.81. The molecule has 1 saturated carbocycles. The third kappa shape index (κ3) is 5.44. The summed E-state index contributed by atoms with van der Waals surface area (Å²) >= 11 is 0. The monoisotopic (exact) mass is 517 g/mol. The first-order valence-corrected chi connectivity index (χ1v) is 14.1. The van der Waals surface area contributed by atoms with Crippen LogP contribution in [0.1, 0.15) is 76.6 Å². The Hall–Kier alpha value is -2.93. The van der Waals surface area contributed by atoms with Crippen molar-refractivity contribution in [1.82, 2.24) is 24.3 Å². The highest BCUT2D eigenvalue weighted by atomic mass is 16.2. The summed E-state index contributed by atoms with van der Waals surface area (Å²) in [6.45, 7) is 13.8. The Labute approximate surface area is 226 Å². The lowest BCUT2D eigenvalue weighted by molar-refractivity contribution is -0.124. The maximum atomic E-state index is 13.2. The summed E-state index contributed by atoms with van der Waals surface area (Å²) in [5.74, 6) is 0.355. The van der Waals surface area contributed by atoms with Crippen LogP contribution in [-0.4, -0.2) is 44.1 Å². The fourth-order valence-electron chi connectivity index (χ4n) is 6.24. The Morgan fingerprint density at radius 2 is 1.87 bits per heavy atom. The van der Waals surface area contributed by atoms with Gasteiger partial charge in [-0.05, 0) is 59.8 Å². The molecule has 3 aromatic rings. The minimum Gasteiger partial charge on any atom is -0.352 e. The molecule has 0 radical (unpaired) electrons. The van der Waals surface area contributed by atoms with Gasteiger partial charge < -0.3 is 5.32 Å². The molecule has 1 N–H and O–H groups in total. The van der Waals surface area contributed by atoms with Gasteiger partial charge in [0.05, 0.1) is 12.1 Å². The quantitative estimate of drug-likeness (QED) is 0.536. The smallest absolute Gasteiger partial charge is 0.330 e. The van der Waals surface area contributed by atoms with Gasteiger partial charge in [0.15, 0.2) is 5.65 Å².